The minimum absolute atomic E-state index is 0.813. The molecule has 0 saturated carbocycles. The van der Waals surface area contributed by atoms with Crippen molar-refractivity contribution in [3.63, 3.8) is 0 Å². The number of nitrogens with zero attached hydrogens (tertiary/aromatic N) is 6. The molecule has 0 spiro atoms. The van der Waals surface area contributed by atoms with Crippen LogP contribution in [0.4, 0.5) is 0 Å². The largest absolute Gasteiger partial charge is 0.340 e. The van der Waals surface area contributed by atoms with Crippen LogP contribution in [0.2, 0.25) is 0 Å². The van der Waals surface area contributed by atoms with E-state index in [0.29, 0.717) is 0 Å². The van der Waals surface area contributed by atoms with Crippen LogP contribution in [0.25, 0.3) is 28.3 Å². The maximum atomic E-state index is 4.96. The molecule has 28 heavy (non-hydrogen) atoms. The van der Waals surface area contributed by atoms with E-state index in [1.54, 1.807) is 10.8 Å². The van der Waals surface area contributed by atoms with Crippen molar-refractivity contribution in [2.45, 2.75) is 32.7 Å². The van der Waals surface area contributed by atoms with E-state index in [4.69, 9.17) is 9.97 Å². The van der Waals surface area contributed by atoms with E-state index >= 15 is 0 Å². The van der Waals surface area contributed by atoms with Gasteiger partial charge in [0, 0.05) is 17.5 Å². The fourth-order valence-corrected chi connectivity index (χ4v) is 3.87. The lowest BCUT2D eigenvalue weighted by atomic mass is 10.1. The molecule has 1 saturated heterocycles. The number of aryl methyl sites for hydroxylation is 1. The first-order chi connectivity index (χ1) is 13.8. The zero-order chi connectivity index (χ0) is 18.9. The molecule has 0 radical (unpaired) electrons. The highest BCUT2D eigenvalue weighted by atomic mass is 15.3. The first kappa shape index (κ1) is 17.1. The molecule has 0 unspecified atom stereocenters. The van der Waals surface area contributed by atoms with Crippen molar-refractivity contribution in [2.24, 2.45) is 0 Å². The smallest absolute Gasteiger partial charge is 0.155 e. The van der Waals surface area contributed by atoms with Crippen LogP contribution in [0, 0.1) is 6.92 Å². The molecule has 4 aromatic rings. The summed E-state index contributed by atoms with van der Waals surface area (Å²) in [6.45, 7) is 5.12. The molecule has 7 heteroatoms. The standard InChI is InChI=1S/C21H23N7/c1-15-6-5-7-17(24-15)21-20(16-8-11-28-19(12-16)22-14-23-28)25-18(26-21)13-27-9-3-2-4-10-27/h5-8,11-12,14H,2-4,9-10,13H2,1H3,(H,25,26). The van der Waals surface area contributed by atoms with Crippen molar-refractivity contribution in [1.82, 2.24) is 34.4 Å². The molecular formula is C21H23N7. The summed E-state index contributed by atoms with van der Waals surface area (Å²) in [6, 6.07) is 10.1. The van der Waals surface area contributed by atoms with E-state index in [9.17, 15) is 0 Å². The third-order valence-corrected chi connectivity index (χ3v) is 5.28. The second-order valence-corrected chi connectivity index (χ2v) is 7.39. The highest BCUT2D eigenvalue weighted by Crippen LogP contribution is 2.30. The molecule has 5 rings (SSSR count). The van der Waals surface area contributed by atoms with Gasteiger partial charge in [0.05, 0.1) is 17.9 Å². The molecule has 0 aromatic carbocycles. The molecule has 7 nitrogen and oxygen atoms in total. The average molecular weight is 373 g/mol. The Kier molecular flexibility index (Phi) is 4.37. The maximum Gasteiger partial charge on any atom is 0.155 e. The lowest BCUT2D eigenvalue weighted by molar-refractivity contribution is 0.216. The summed E-state index contributed by atoms with van der Waals surface area (Å²) in [4.78, 5) is 20.0. The molecule has 0 aliphatic carbocycles. The SMILES string of the molecule is Cc1cccc(-c2nc(CN3CCCCC3)[nH]c2-c2ccn3ncnc3c2)n1. The molecule has 1 N–H and O–H groups in total. The molecule has 1 fully saturated rings. The van der Waals surface area contributed by atoms with Crippen molar-refractivity contribution < 1.29 is 0 Å². The number of pyridine rings is 2. The van der Waals surface area contributed by atoms with Gasteiger partial charge < -0.3 is 4.98 Å². The number of hydrogen-bond donors (Lipinski definition) is 1. The normalized spacial score (nSPS) is 15.3. The number of nitrogens with one attached hydrogen (secondary N) is 1. The number of hydrogen-bond acceptors (Lipinski definition) is 5. The lowest BCUT2D eigenvalue weighted by Gasteiger charge is -2.25. The van der Waals surface area contributed by atoms with Crippen molar-refractivity contribution in [1.29, 1.82) is 0 Å². The molecular weight excluding hydrogens is 350 g/mol. The molecule has 4 aromatic heterocycles. The summed E-state index contributed by atoms with van der Waals surface area (Å²) >= 11 is 0. The number of aromatic nitrogens is 6. The van der Waals surface area contributed by atoms with Gasteiger partial charge in [0.15, 0.2) is 5.65 Å². The Morgan fingerprint density at radius 2 is 1.96 bits per heavy atom. The third-order valence-electron chi connectivity index (χ3n) is 5.28. The highest BCUT2D eigenvalue weighted by molar-refractivity contribution is 5.78. The second-order valence-electron chi connectivity index (χ2n) is 7.39. The van der Waals surface area contributed by atoms with Gasteiger partial charge in [-0.2, -0.15) is 5.10 Å². The summed E-state index contributed by atoms with van der Waals surface area (Å²) in [5.41, 5.74) is 5.59. The fourth-order valence-electron chi connectivity index (χ4n) is 3.87. The summed E-state index contributed by atoms with van der Waals surface area (Å²) in [5.74, 6) is 0.983. The van der Waals surface area contributed by atoms with Gasteiger partial charge in [0.2, 0.25) is 0 Å². The fraction of sp³-hybridized carbons (Fsp3) is 0.333. The van der Waals surface area contributed by atoms with Crippen LogP contribution >= 0.6 is 0 Å². The minimum atomic E-state index is 0.813. The van der Waals surface area contributed by atoms with E-state index in [0.717, 1.165) is 59.4 Å². The summed E-state index contributed by atoms with van der Waals surface area (Å²) < 4.78 is 1.76. The van der Waals surface area contributed by atoms with E-state index in [-0.39, 0.29) is 0 Å². The zero-order valence-electron chi connectivity index (χ0n) is 16.0. The molecule has 5 heterocycles. The van der Waals surface area contributed by atoms with Crippen LogP contribution in [0.1, 0.15) is 30.8 Å². The lowest BCUT2D eigenvalue weighted by Crippen LogP contribution is -2.29. The first-order valence-electron chi connectivity index (χ1n) is 9.81. The molecule has 0 atom stereocenters. The Balaban J connectivity index is 1.58. The van der Waals surface area contributed by atoms with Gasteiger partial charge in [-0.1, -0.05) is 12.5 Å². The van der Waals surface area contributed by atoms with Crippen LogP contribution in [-0.2, 0) is 6.54 Å². The van der Waals surface area contributed by atoms with E-state index < -0.39 is 0 Å². The topological polar surface area (TPSA) is 75.0 Å². The molecule has 0 amide bonds. The van der Waals surface area contributed by atoms with Gasteiger partial charge in [-0.15, -0.1) is 0 Å². The number of imidazole rings is 1. The van der Waals surface area contributed by atoms with Crippen molar-refractivity contribution in [2.75, 3.05) is 13.1 Å². The predicted molar refractivity (Wildman–Crippen MR) is 108 cm³/mol. The van der Waals surface area contributed by atoms with Crippen LogP contribution in [-0.4, -0.2) is 47.5 Å². The van der Waals surface area contributed by atoms with E-state index in [1.165, 1.54) is 19.3 Å². The number of piperidine rings is 1. The van der Waals surface area contributed by atoms with Gasteiger partial charge in [-0.3, -0.25) is 9.88 Å². The number of rotatable bonds is 4. The maximum absolute atomic E-state index is 4.96. The Bertz CT molecular complexity index is 1100. The molecule has 142 valence electrons. The van der Waals surface area contributed by atoms with Crippen molar-refractivity contribution in [3.05, 3.63) is 54.4 Å². The van der Waals surface area contributed by atoms with Crippen LogP contribution < -0.4 is 0 Å². The van der Waals surface area contributed by atoms with E-state index in [1.807, 2.05) is 43.5 Å². The quantitative estimate of drug-likeness (QED) is 0.593. The Morgan fingerprint density at radius 3 is 2.82 bits per heavy atom. The Labute approximate surface area is 163 Å². The Morgan fingerprint density at radius 1 is 1.07 bits per heavy atom. The van der Waals surface area contributed by atoms with Crippen molar-refractivity contribution >= 4 is 5.65 Å². The number of fused-ring (bicyclic) bond motifs is 1. The van der Waals surface area contributed by atoms with Gasteiger partial charge in [0.1, 0.15) is 17.8 Å². The van der Waals surface area contributed by atoms with Crippen LogP contribution in [0.3, 0.4) is 0 Å². The van der Waals surface area contributed by atoms with Crippen molar-refractivity contribution in [3.8, 4) is 22.6 Å². The predicted octanol–water partition coefficient (Wildman–Crippen LogP) is 3.48. The average Bonchev–Trinajstić information content (AvgIpc) is 3.35. The van der Waals surface area contributed by atoms with E-state index in [2.05, 4.69) is 20.0 Å². The monoisotopic (exact) mass is 373 g/mol. The summed E-state index contributed by atoms with van der Waals surface area (Å²) in [6.07, 6.45) is 7.36. The van der Waals surface area contributed by atoms with Gasteiger partial charge in [0.25, 0.3) is 0 Å². The van der Waals surface area contributed by atoms with Crippen LogP contribution in [0.15, 0.2) is 42.9 Å². The summed E-state index contributed by atoms with van der Waals surface area (Å²) in [7, 11) is 0. The summed E-state index contributed by atoms with van der Waals surface area (Å²) in [5, 5.41) is 4.19. The first-order valence-corrected chi connectivity index (χ1v) is 9.81. The third kappa shape index (κ3) is 3.29. The highest BCUT2D eigenvalue weighted by Gasteiger charge is 2.18. The van der Waals surface area contributed by atoms with Gasteiger partial charge in [-0.25, -0.2) is 14.5 Å². The Hall–Kier alpha value is -3.06. The van der Waals surface area contributed by atoms with Crippen LogP contribution in [0.5, 0.6) is 0 Å². The zero-order valence-corrected chi connectivity index (χ0v) is 16.0. The molecule has 1 aliphatic heterocycles. The minimum Gasteiger partial charge on any atom is -0.340 e. The number of likely N-dealkylation sites (tertiary alicyclic amines) is 1. The number of aromatic amines is 1. The van der Waals surface area contributed by atoms with Gasteiger partial charge >= 0.3 is 0 Å². The molecule has 1 aliphatic rings. The van der Waals surface area contributed by atoms with Gasteiger partial charge in [-0.05, 0) is 57.1 Å². The number of H-pyrrole nitrogens is 1. The second kappa shape index (κ2) is 7.16. The molecule has 0 bridgehead atoms.